The van der Waals surface area contributed by atoms with Crippen molar-refractivity contribution in [1.82, 2.24) is 5.32 Å². The minimum Gasteiger partial charge on any atom is -0.468 e. The van der Waals surface area contributed by atoms with Crippen LogP contribution in [-0.4, -0.2) is 36.7 Å². The van der Waals surface area contributed by atoms with E-state index < -0.39 is 23.0 Å². The smallest absolute Gasteiger partial charge is 0.325 e. The molecule has 2 heterocycles. The van der Waals surface area contributed by atoms with Crippen LogP contribution in [0, 0.1) is 0 Å². The molecule has 0 spiro atoms. The number of ether oxygens (including phenoxy) is 1. The number of esters is 1. The minimum atomic E-state index is -0.604. The zero-order valence-corrected chi connectivity index (χ0v) is 12.2. The molecule has 2 aliphatic rings. The molecule has 0 saturated carbocycles. The van der Waals surface area contributed by atoms with E-state index in [-0.39, 0.29) is 17.0 Å². The Balaban J connectivity index is 2.12. The van der Waals surface area contributed by atoms with E-state index in [1.54, 1.807) is 24.3 Å². The summed E-state index contributed by atoms with van der Waals surface area (Å²) in [6.45, 7) is -0.261. The molecule has 8 heteroatoms. The fourth-order valence-corrected chi connectivity index (χ4v) is 3.10. The van der Waals surface area contributed by atoms with Crippen molar-refractivity contribution < 1.29 is 23.9 Å². The molecule has 22 heavy (non-hydrogen) atoms. The molecular weight excluding hydrogens is 308 g/mol. The SMILES string of the molecule is COC(=O)CN1C(=O)C(=C2SC(=O)NC2=O)c2ccccc21. The molecule has 7 nitrogen and oxygen atoms in total. The van der Waals surface area contributed by atoms with E-state index >= 15 is 0 Å². The van der Waals surface area contributed by atoms with Crippen LogP contribution in [-0.2, 0) is 19.1 Å². The van der Waals surface area contributed by atoms with E-state index in [0.717, 1.165) is 0 Å². The first kappa shape index (κ1) is 14.3. The topological polar surface area (TPSA) is 92.8 Å². The molecule has 1 aromatic carbocycles. The maximum absolute atomic E-state index is 12.6. The van der Waals surface area contributed by atoms with Gasteiger partial charge in [0.05, 0.1) is 23.3 Å². The number of carbonyl (C=O) groups excluding carboxylic acids is 4. The van der Waals surface area contributed by atoms with Gasteiger partial charge in [0.1, 0.15) is 6.54 Å². The van der Waals surface area contributed by atoms with Crippen molar-refractivity contribution >= 4 is 46.0 Å². The number of fused-ring (bicyclic) bond motifs is 1. The van der Waals surface area contributed by atoms with Crippen LogP contribution in [0.5, 0.6) is 0 Å². The molecule has 0 bridgehead atoms. The fourth-order valence-electron chi connectivity index (χ4n) is 2.33. The number of para-hydroxylation sites is 1. The van der Waals surface area contributed by atoms with Gasteiger partial charge < -0.3 is 4.74 Å². The third-order valence-corrected chi connectivity index (χ3v) is 4.16. The quantitative estimate of drug-likeness (QED) is 0.643. The Morgan fingerprint density at radius 2 is 2.00 bits per heavy atom. The summed E-state index contributed by atoms with van der Waals surface area (Å²) in [6.07, 6.45) is 0. The lowest BCUT2D eigenvalue weighted by Crippen LogP contribution is -2.33. The second-order valence-corrected chi connectivity index (χ2v) is 5.52. The average molecular weight is 318 g/mol. The molecule has 2 aliphatic heterocycles. The molecule has 1 fully saturated rings. The molecule has 0 unspecified atom stereocenters. The number of rotatable bonds is 2. The van der Waals surface area contributed by atoms with E-state index in [1.807, 2.05) is 0 Å². The Labute approximate surface area is 129 Å². The Hall–Kier alpha value is -2.61. The lowest BCUT2D eigenvalue weighted by atomic mass is 10.1. The van der Waals surface area contributed by atoms with Crippen LogP contribution in [0.25, 0.3) is 5.57 Å². The van der Waals surface area contributed by atoms with Crippen molar-refractivity contribution in [2.24, 2.45) is 0 Å². The van der Waals surface area contributed by atoms with Crippen molar-refractivity contribution in [1.29, 1.82) is 0 Å². The van der Waals surface area contributed by atoms with Gasteiger partial charge in [-0.2, -0.15) is 0 Å². The number of anilines is 1. The minimum absolute atomic E-state index is 0.0508. The fraction of sp³-hybridized carbons (Fsp3) is 0.143. The standard InChI is InChI=1S/C14H10N2O5S/c1-21-9(17)6-16-8-5-3-2-4-7(8)10(13(16)19)11-12(18)15-14(20)22-11/h2-5H,6H2,1H3,(H,15,18,20). The zero-order valence-electron chi connectivity index (χ0n) is 11.4. The van der Waals surface area contributed by atoms with Gasteiger partial charge in [0, 0.05) is 5.56 Å². The lowest BCUT2D eigenvalue weighted by molar-refractivity contribution is -0.139. The maximum Gasteiger partial charge on any atom is 0.325 e. The van der Waals surface area contributed by atoms with Crippen LogP contribution >= 0.6 is 11.8 Å². The van der Waals surface area contributed by atoms with Gasteiger partial charge >= 0.3 is 5.97 Å². The molecule has 1 saturated heterocycles. The van der Waals surface area contributed by atoms with Gasteiger partial charge in [-0.15, -0.1) is 0 Å². The van der Waals surface area contributed by atoms with E-state index in [1.165, 1.54) is 12.0 Å². The zero-order chi connectivity index (χ0) is 15.9. The summed E-state index contributed by atoms with van der Waals surface area (Å²) in [6, 6.07) is 6.78. The Kier molecular flexibility index (Phi) is 3.45. The molecule has 0 atom stereocenters. The van der Waals surface area contributed by atoms with Gasteiger partial charge in [0.25, 0.3) is 17.1 Å². The van der Waals surface area contributed by atoms with Crippen LogP contribution in [0.4, 0.5) is 10.5 Å². The first-order chi connectivity index (χ1) is 10.5. The first-order valence-electron chi connectivity index (χ1n) is 6.28. The summed E-state index contributed by atoms with van der Waals surface area (Å²) in [5.74, 6) is -1.68. The van der Waals surface area contributed by atoms with Crippen molar-refractivity contribution in [3.8, 4) is 0 Å². The van der Waals surface area contributed by atoms with Crippen LogP contribution < -0.4 is 10.2 Å². The van der Waals surface area contributed by atoms with Crippen molar-refractivity contribution in [2.45, 2.75) is 0 Å². The number of hydrogen-bond acceptors (Lipinski definition) is 6. The number of nitrogens with one attached hydrogen (secondary N) is 1. The average Bonchev–Trinajstić information content (AvgIpc) is 2.96. The molecule has 0 aliphatic carbocycles. The van der Waals surface area contributed by atoms with Crippen LogP contribution in [0.3, 0.4) is 0 Å². The number of amides is 3. The second kappa shape index (κ2) is 5.30. The van der Waals surface area contributed by atoms with Gasteiger partial charge in [0.15, 0.2) is 0 Å². The van der Waals surface area contributed by atoms with Gasteiger partial charge in [-0.25, -0.2) is 0 Å². The highest BCUT2D eigenvalue weighted by Crippen LogP contribution is 2.42. The third-order valence-electron chi connectivity index (χ3n) is 3.28. The highest BCUT2D eigenvalue weighted by Gasteiger charge is 2.40. The number of carbonyl (C=O) groups is 4. The van der Waals surface area contributed by atoms with E-state index in [2.05, 4.69) is 10.1 Å². The van der Waals surface area contributed by atoms with Crippen LogP contribution in [0.1, 0.15) is 5.56 Å². The molecule has 3 amide bonds. The number of hydrogen-bond donors (Lipinski definition) is 1. The summed E-state index contributed by atoms with van der Waals surface area (Å²) >= 11 is 0.681. The molecule has 1 N–H and O–H groups in total. The van der Waals surface area contributed by atoms with E-state index in [4.69, 9.17) is 0 Å². The second-order valence-electron chi connectivity index (χ2n) is 4.53. The summed E-state index contributed by atoms with van der Waals surface area (Å²) in [7, 11) is 1.23. The maximum atomic E-state index is 12.6. The predicted molar refractivity (Wildman–Crippen MR) is 78.9 cm³/mol. The molecule has 0 aromatic heterocycles. The van der Waals surface area contributed by atoms with Gasteiger partial charge in [-0.1, -0.05) is 18.2 Å². The number of thioether (sulfide) groups is 1. The monoisotopic (exact) mass is 318 g/mol. The molecular formula is C14H10N2O5S. The molecule has 112 valence electrons. The van der Waals surface area contributed by atoms with Crippen LogP contribution in [0.2, 0.25) is 0 Å². The Morgan fingerprint density at radius 1 is 1.27 bits per heavy atom. The molecule has 1 aromatic rings. The molecule has 0 radical (unpaired) electrons. The van der Waals surface area contributed by atoms with E-state index in [9.17, 15) is 19.2 Å². The number of imide groups is 1. The lowest BCUT2D eigenvalue weighted by Gasteiger charge is -2.15. The normalized spacial score (nSPS) is 20.2. The van der Waals surface area contributed by atoms with Crippen LogP contribution in [0.15, 0.2) is 29.2 Å². The Morgan fingerprint density at radius 3 is 2.64 bits per heavy atom. The highest BCUT2D eigenvalue weighted by molar-refractivity contribution is 8.18. The van der Waals surface area contributed by atoms with E-state index in [0.29, 0.717) is 23.0 Å². The van der Waals surface area contributed by atoms with Crippen molar-refractivity contribution in [2.75, 3.05) is 18.6 Å². The third kappa shape index (κ3) is 2.17. The Bertz CT molecular complexity index is 755. The summed E-state index contributed by atoms with van der Waals surface area (Å²) in [5, 5.41) is 1.60. The van der Waals surface area contributed by atoms with Crippen molar-refractivity contribution in [3.63, 3.8) is 0 Å². The predicted octanol–water partition coefficient (Wildman–Crippen LogP) is 0.900. The number of nitrogens with zero attached hydrogens (tertiary/aromatic N) is 1. The first-order valence-corrected chi connectivity index (χ1v) is 7.10. The summed E-state index contributed by atoms with van der Waals surface area (Å²) < 4.78 is 4.59. The van der Waals surface area contributed by atoms with Gasteiger partial charge in [0.2, 0.25) is 0 Å². The van der Waals surface area contributed by atoms with Gasteiger partial charge in [-0.3, -0.25) is 29.4 Å². The van der Waals surface area contributed by atoms with Crippen molar-refractivity contribution in [3.05, 3.63) is 34.7 Å². The molecule has 3 rings (SSSR count). The summed E-state index contributed by atoms with van der Waals surface area (Å²) in [4.78, 5) is 48.6. The highest BCUT2D eigenvalue weighted by atomic mass is 32.2. The largest absolute Gasteiger partial charge is 0.468 e. The summed E-state index contributed by atoms with van der Waals surface area (Å²) in [5.41, 5.74) is 1.16. The number of benzene rings is 1. The van der Waals surface area contributed by atoms with Gasteiger partial charge in [-0.05, 0) is 17.8 Å². The number of methoxy groups -OCH3 is 1.